The van der Waals surface area contributed by atoms with Gasteiger partial charge in [0, 0.05) is 11.6 Å². The summed E-state index contributed by atoms with van der Waals surface area (Å²) in [5.41, 5.74) is 2.23. The van der Waals surface area contributed by atoms with Crippen LogP contribution in [0.1, 0.15) is 22.7 Å². The fourth-order valence-corrected chi connectivity index (χ4v) is 5.15. The Balaban J connectivity index is 2.01. The molecule has 1 atom stereocenters. The van der Waals surface area contributed by atoms with Crippen molar-refractivity contribution >= 4 is 21.8 Å². The highest BCUT2D eigenvalue weighted by molar-refractivity contribution is 7.92. The van der Waals surface area contributed by atoms with Crippen LogP contribution in [-0.4, -0.2) is 13.3 Å². The van der Waals surface area contributed by atoms with E-state index in [1.165, 1.54) is 22.5 Å². The van der Waals surface area contributed by atoms with Gasteiger partial charge in [0.1, 0.15) is 0 Å². The van der Waals surface area contributed by atoms with E-state index in [9.17, 15) is 18.5 Å². The average Bonchev–Trinajstić information content (AvgIpc) is 2.73. The number of nitro groups is 1. The molecule has 1 heterocycles. The highest BCUT2D eigenvalue weighted by atomic mass is 32.2. The quantitative estimate of drug-likeness (QED) is 0.470. The van der Waals surface area contributed by atoms with Crippen LogP contribution in [0.3, 0.4) is 0 Å². The Hall–Kier alpha value is -3.45. The summed E-state index contributed by atoms with van der Waals surface area (Å²) < 4.78 is 28.5. The molecule has 0 amide bonds. The number of sulfonamides is 1. The topological polar surface area (TPSA) is 80.5 Å². The third-order valence-corrected chi connectivity index (χ3v) is 6.69. The first kappa shape index (κ1) is 18.9. The molecule has 3 aromatic carbocycles. The minimum atomic E-state index is -4.06. The minimum Gasteiger partial charge on any atom is -0.259 e. The van der Waals surface area contributed by atoms with E-state index < -0.39 is 21.0 Å². The van der Waals surface area contributed by atoms with Gasteiger partial charge in [-0.3, -0.25) is 10.1 Å². The minimum absolute atomic E-state index is 0.0801. The number of anilines is 1. The highest BCUT2D eigenvalue weighted by Gasteiger charge is 2.43. The van der Waals surface area contributed by atoms with E-state index in [1.807, 2.05) is 19.1 Å². The standard InChI is InChI=1S/C22H18N2O4S/c1-16-11-13-17(14-12-16)22-21(24(25)26)15-18-7-5-6-10-20(18)23(22)29(27,28)19-8-3-2-4-9-19/h2-15,22H,1H3/t22-/m0/s1. The van der Waals surface area contributed by atoms with E-state index in [4.69, 9.17) is 0 Å². The van der Waals surface area contributed by atoms with Gasteiger partial charge in [-0.25, -0.2) is 12.7 Å². The molecule has 0 saturated carbocycles. The predicted molar refractivity (Wildman–Crippen MR) is 111 cm³/mol. The molecule has 0 N–H and O–H groups in total. The smallest absolute Gasteiger partial charge is 0.259 e. The van der Waals surface area contributed by atoms with Crippen LogP contribution in [0.15, 0.2) is 89.5 Å². The van der Waals surface area contributed by atoms with Crippen LogP contribution < -0.4 is 4.31 Å². The van der Waals surface area contributed by atoms with Gasteiger partial charge >= 0.3 is 0 Å². The molecular weight excluding hydrogens is 388 g/mol. The van der Waals surface area contributed by atoms with Gasteiger partial charge in [-0.05, 0) is 30.7 Å². The second-order valence-electron chi connectivity index (χ2n) is 6.81. The van der Waals surface area contributed by atoms with Crippen molar-refractivity contribution in [2.75, 3.05) is 4.31 Å². The van der Waals surface area contributed by atoms with Crippen molar-refractivity contribution < 1.29 is 13.3 Å². The van der Waals surface area contributed by atoms with Crippen LogP contribution in [0.2, 0.25) is 0 Å². The number of nitrogens with zero attached hydrogens (tertiary/aromatic N) is 2. The van der Waals surface area contributed by atoms with Crippen molar-refractivity contribution in [2.45, 2.75) is 17.9 Å². The summed E-state index contributed by atoms with van der Waals surface area (Å²) in [5.74, 6) is 0. The molecule has 0 radical (unpaired) electrons. The molecule has 0 aromatic heterocycles. The molecule has 0 aliphatic carbocycles. The maximum Gasteiger partial charge on any atom is 0.274 e. The Morgan fingerprint density at radius 2 is 1.52 bits per heavy atom. The average molecular weight is 406 g/mol. The number of para-hydroxylation sites is 1. The third kappa shape index (κ3) is 3.30. The number of aryl methyl sites for hydroxylation is 1. The van der Waals surface area contributed by atoms with E-state index in [-0.39, 0.29) is 10.6 Å². The second-order valence-corrected chi connectivity index (χ2v) is 8.63. The first-order chi connectivity index (χ1) is 13.9. The first-order valence-corrected chi connectivity index (χ1v) is 10.4. The zero-order valence-electron chi connectivity index (χ0n) is 15.6. The van der Waals surface area contributed by atoms with Gasteiger partial charge in [0.25, 0.3) is 15.7 Å². The van der Waals surface area contributed by atoms with Crippen molar-refractivity contribution in [3.8, 4) is 0 Å². The molecule has 0 bridgehead atoms. The Labute approximate surface area is 168 Å². The molecule has 1 aliphatic heterocycles. The van der Waals surface area contributed by atoms with Gasteiger partial charge in [0.2, 0.25) is 0 Å². The van der Waals surface area contributed by atoms with E-state index >= 15 is 0 Å². The second kappa shape index (κ2) is 7.18. The number of rotatable bonds is 4. The van der Waals surface area contributed by atoms with Crippen LogP contribution in [0, 0.1) is 17.0 Å². The summed E-state index contributed by atoms with van der Waals surface area (Å²) in [6.07, 6.45) is 1.46. The molecule has 1 aliphatic rings. The largest absolute Gasteiger partial charge is 0.274 e. The number of hydrogen-bond acceptors (Lipinski definition) is 4. The van der Waals surface area contributed by atoms with Gasteiger partial charge in [-0.2, -0.15) is 0 Å². The summed E-state index contributed by atoms with van der Waals surface area (Å²) in [6.45, 7) is 1.91. The molecule has 6 nitrogen and oxygen atoms in total. The van der Waals surface area contributed by atoms with Crippen LogP contribution in [0.5, 0.6) is 0 Å². The lowest BCUT2D eigenvalue weighted by Gasteiger charge is -2.35. The Morgan fingerprint density at radius 1 is 0.897 bits per heavy atom. The van der Waals surface area contributed by atoms with Crippen LogP contribution in [0.25, 0.3) is 6.08 Å². The predicted octanol–water partition coefficient (Wildman–Crippen LogP) is 4.56. The van der Waals surface area contributed by atoms with Crippen molar-refractivity contribution in [1.29, 1.82) is 0 Å². The van der Waals surface area contributed by atoms with Crippen molar-refractivity contribution in [2.24, 2.45) is 0 Å². The molecule has 29 heavy (non-hydrogen) atoms. The molecule has 0 spiro atoms. The highest BCUT2D eigenvalue weighted by Crippen LogP contribution is 2.44. The van der Waals surface area contributed by atoms with Crippen molar-refractivity contribution in [1.82, 2.24) is 0 Å². The molecule has 4 rings (SSSR count). The Kier molecular flexibility index (Phi) is 4.68. The summed E-state index contributed by atoms with van der Waals surface area (Å²) in [6, 6.07) is 20.8. The molecular formula is C22H18N2O4S. The zero-order chi connectivity index (χ0) is 20.6. The van der Waals surface area contributed by atoms with E-state index in [0.29, 0.717) is 16.8 Å². The fraction of sp³-hybridized carbons (Fsp3) is 0.0909. The zero-order valence-corrected chi connectivity index (χ0v) is 16.4. The molecule has 0 fully saturated rings. The van der Waals surface area contributed by atoms with Gasteiger partial charge in [-0.15, -0.1) is 0 Å². The molecule has 0 unspecified atom stereocenters. The Morgan fingerprint density at radius 3 is 2.17 bits per heavy atom. The molecule has 146 valence electrons. The molecule has 3 aromatic rings. The SMILES string of the molecule is Cc1ccc([C@H]2C([N+](=O)[O-])=Cc3ccccc3N2S(=O)(=O)c2ccccc2)cc1. The third-order valence-electron chi connectivity index (χ3n) is 4.90. The first-order valence-electron chi connectivity index (χ1n) is 9.00. The number of benzene rings is 3. The lowest BCUT2D eigenvalue weighted by molar-refractivity contribution is -0.428. The van der Waals surface area contributed by atoms with Crippen LogP contribution in [-0.2, 0) is 10.0 Å². The monoisotopic (exact) mass is 406 g/mol. The maximum atomic E-state index is 13.6. The summed E-state index contributed by atoms with van der Waals surface area (Å²) in [5, 5.41) is 11.9. The van der Waals surface area contributed by atoms with E-state index in [0.717, 1.165) is 5.56 Å². The van der Waals surface area contributed by atoms with Crippen LogP contribution >= 0.6 is 0 Å². The van der Waals surface area contributed by atoms with Gasteiger partial charge in [0.15, 0.2) is 6.04 Å². The van der Waals surface area contributed by atoms with Crippen LogP contribution in [0.4, 0.5) is 5.69 Å². The van der Waals surface area contributed by atoms with Gasteiger partial charge in [0.05, 0.1) is 15.5 Å². The molecule has 7 heteroatoms. The maximum absolute atomic E-state index is 13.6. The Bertz CT molecular complexity index is 1200. The van der Waals surface area contributed by atoms with Crippen molar-refractivity contribution in [3.05, 3.63) is 111 Å². The number of fused-ring (bicyclic) bond motifs is 1. The lowest BCUT2D eigenvalue weighted by Crippen LogP contribution is -2.39. The van der Waals surface area contributed by atoms with Gasteiger partial charge in [-0.1, -0.05) is 66.2 Å². The summed E-state index contributed by atoms with van der Waals surface area (Å²) in [4.78, 5) is 11.5. The van der Waals surface area contributed by atoms with Gasteiger partial charge < -0.3 is 0 Å². The lowest BCUT2D eigenvalue weighted by atomic mass is 9.96. The van der Waals surface area contributed by atoms with Crippen molar-refractivity contribution in [3.63, 3.8) is 0 Å². The normalized spacial score (nSPS) is 16.1. The van der Waals surface area contributed by atoms with E-state index in [2.05, 4.69) is 0 Å². The molecule has 0 saturated heterocycles. The summed E-state index contributed by atoms with van der Waals surface area (Å²) >= 11 is 0. The fourth-order valence-electron chi connectivity index (χ4n) is 3.49. The van der Waals surface area contributed by atoms with E-state index in [1.54, 1.807) is 54.6 Å². The number of hydrogen-bond donors (Lipinski definition) is 0. The summed E-state index contributed by atoms with van der Waals surface area (Å²) in [7, 11) is -4.06.